The Labute approximate surface area is 213 Å². The number of hydrogen-bond acceptors (Lipinski definition) is 5. The fourth-order valence-corrected chi connectivity index (χ4v) is 4.53. The number of aromatic nitrogens is 4. The van der Waals surface area contributed by atoms with Crippen molar-refractivity contribution in [3.8, 4) is 11.8 Å². The molecule has 178 valence electrons. The Morgan fingerprint density at radius 3 is 2.69 bits per heavy atom. The van der Waals surface area contributed by atoms with Crippen LogP contribution in [-0.2, 0) is 19.3 Å². The number of benzene rings is 2. The van der Waals surface area contributed by atoms with Crippen LogP contribution in [0.1, 0.15) is 32.7 Å². The Morgan fingerprint density at radius 1 is 1.03 bits per heavy atom. The van der Waals surface area contributed by atoms with Crippen LogP contribution in [0.4, 0.5) is 5.69 Å². The average molecular weight is 493 g/mol. The van der Waals surface area contributed by atoms with Crippen molar-refractivity contribution in [3.05, 3.63) is 113 Å². The van der Waals surface area contributed by atoms with Gasteiger partial charge in [0.05, 0.1) is 5.69 Å². The molecular formula is C28H24N6OS. The van der Waals surface area contributed by atoms with Crippen molar-refractivity contribution in [1.29, 1.82) is 0 Å². The summed E-state index contributed by atoms with van der Waals surface area (Å²) in [5.41, 5.74) is 11.5. The van der Waals surface area contributed by atoms with Gasteiger partial charge in [0, 0.05) is 71.4 Å². The van der Waals surface area contributed by atoms with Crippen LogP contribution in [-0.4, -0.2) is 25.1 Å². The molecule has 3 heterocycles. The van der Waals surface area contributed by atoms with Gasteiger partial charge in [0.2, 0.25) is 0 Å². The van der Waals surface area contributed by atoms with E-state index in [1.165, 1.54) is 0 Å². The molecule has 0 spiro atoms. The number of nitrogens with one attached hydrogen (secondary N) is 1. The minimum Gasteiger partial charge on any atom is -0.399 e. The van der Waals surface area contributed by atoms with Crippen molar-refractivity contribution >= 4 is 29.0 Å². The van der Waals surface area contributed by atoms with Gasteiger partial charge in [0.1, 0.15) is 5.65 Å². The lowest BCUT2D eigenvalue weighted by molar-refractivity contribution is 0.0951. The molecule has 0 aliphatic carbocycles. The third-order valence-electron chi connectivity index (χ3n) is 5.55. The highest BCUT2D eigenvalue weighted by Crippen LogP contribution is 2.27. The number of pyridine rings is 1. The summed E-state index contributed by atoms with van der Waals surface area (Å²) in [6.07, 6.45) is 7.49. The first kappa shape index (κ1) is 23.3. The molecule has 0 bridgehead atoms. The predicted octanol–water partition coefficient (Wildman–Crippen LogP) is 4.27. The highest BCUT2D eigenvalue weighted by molar-refractivity contribution is 7.98. The number of aryl methyl sites for hydroxylation is 1. The minimum atomic E-state index is -0.157. The zero-order valence-corrected chi connectivity index (χ0v) is 20.5. The zero-order chi connectivity index (χ0) is 24.9. The maximum absolute atomic E-state index is 13.0. The van der Waals surface area contributed by atoms with Crippen LogP contribution in [0.5, 0.6) is 0 Å². The summed E-state index contributed by atoms with van der Waals surface area (Å²) in [7, 11) is 1.90. The van der Waals surface area contributed by atoms with Crippen molar-refractivity contribution in [1.82, 2.24) is 24.5 Å². The molecule has 0 saturated carbocycles. The number of nitrogens with zero attached hydrogens (tertiary/aromatic N) is 4. The number of imidazole rings is 1. The van der Waals surface area contributed by atoms with E-state index in [0.29, 0.717) is 23.5 Å². The van der Waals surface area contributed by atoms with Crippen molar-refractivity contribution < 1.29 is 4.79 Å². The lowest BCUT2D eigenvalue weighted by Gasteiger charge is -2.09. The third kappa shape index (κ3) is 5.59. The summed E-state index contributed by atoms with van der Waals surface area (Å²) in [6, 6.07) is 19.0. The normalized spacial score (nSPS) is 10.7. The summed E-state index contributed by atoms with van der Waals surface area (Å²) in [6.45, 7) is 0.408. The summed E-state index contributed by atoms with van der Waals surface area (Å²) >= 11 is 1.64. The Morgan fingerprint density at radius 2 is 1.89 bits per heavy atom. The van der Waals surface area contributed by atoms with E-state index in [1.54, 1.807) is 22.6 Å². The topological polar surface area (TPSA) is 90.2 Å². The van der Waals surface area contributed by atoms with Gasteiger partial charge in [-0.3, -0.25) is 9.48 Å². The maximum atomic E-state index is 13.0. The van der Waals surface area contributed by atoms with Gasteiger partial charge in [-0.2, -0.15) is 5.10 Å². The number of carbonyl (C=O) groups excluding carboxylic acids is 1. The van der Waals surface area contributed by atoms with Crippen LogP contribution >= 0.6 is 11.8 Å². The average Bonchev–Trinajstić information content (AvgIpc) is 3.54. The quantitative estimate of drug-likeness (QED) is 0.210. The first-order valence-corrected chi connectivity index (χ1v) is 12.3. The molecule has 5 rings (SSSR count). The third-order valence-corrected chi connectivity index (χ3v) is 6.66. The monoisotopic (exact) mass is 492 g/mol. The summed E-state index contributed by atoms with van der Waals surface area (Å²) < 4.78 is 3.72. The van der Waals surface area contributed by atoms with Crippen LogP contribution < -0.4 is 11.1 Å². The highest BCUT2D eigenvalue weighted by Gasteiger charge is 2.11. The molecule has 3 N–H and O–H groups in total. The molecule has 0 atom stereocenters. The number of amides is 1. The lowest BCUT2D eigenvalue weighted by Crippen LogP contribution is -2.23. The van der Waals surface area contributed by atoms with Crippen molar-refractivity contribution in [2.24, 2.45) is 7.05 Å². The SMILES string of the molecule is Cn1ccc(CSc2ccc(C(=O)NCc3ccn4ccnc4c3)cc2C#Cc2ccc(N)cc2)n1. The lowest BCUT2D eigenvalue weighted by atomic mass is 10.1. The first-order chi connectivity index (χ1) is 17.5. The second-order valence-corrected chi connectivity index (χ2v) is 9.28. The van der Waals surface area contributed by atoms with Crippen molar-refractivity contribution in [2.75, 3.05) is 5.73 Å². The number of hydrogen-bond donors (Lipinski definition) is 2. The van der Waals surface area contributed by atoms with Gasteiger partial charge in [-0.25, -0.2) is 4.98 Å². The fraction of sp³-hybridized carbons (Fsp3) is 0.107. The molecule has 8 heteroatoms. The molecular weight excluding hydrogens is 468 g/mol. The van der Waals surface area contributed by atoms with E-state index in [9.17, 15) is 4.79 Å². The van der Waals surface area contributed by atoms with E-state index in [4.69, 9.17) is 5.73 Å². The first-order valence-electron chi connectivity index (χ1n) is 11.4. The molecule has 0 fully saturated rings. The highest BCUT2D eigenvalue weighted by atomic mass is 32.2. The summed E-state index contributed by atoms with van der Waals surface area (Å²) in [4.78, 5) is 18.3. The Balaban J connectivity index is 1.36. The van der Waals surface area contributed by atoms with Gasteiger partial charge >= 0.3 is 0 Å². The minimum absolute atomic E-state index is 0.157. The molecule has 0 aliphatic heterocycles. The standard InChI is InChI=1S/C28H24N6OS/c1-33-13-11-25(32-33)19-36-26-9-6-23(17-22(26)5-2-20-3-7-24(29)8-4-20)28(35)31-18-21-10-14-34-15-12-30-27(34)16-21/h3-4,6-17H,18-19,29H2,1H3,(H,31,35). The molecule has 3 aromatic heterocycles. The van der Waals surface area contributed by atoms with Crippen molar-refractivity contribution in [2.45, 2.75) is 17.2 Å². The summed E-state index contributed by atoms with van der Waals surface area (Å²) in [5.74, 6) is 6.99. The maximum Gasteiger partial charge on any atom is 0.251 e. The van der Waals surface area contributed by atoms with E-state index >= 15 is 0 Å². The number of thioether (sulfide) groups is 1. The van der Waals surface area contributed by atoms with Crippen LogP contribution in [0, 0.1) is 11.8 Å². The van der Waals surface area contributed by atoms with E-state index in [-0.39, 0.29) is 5.91 Å². The van der Waals surface area contributed by atoms with Crippen LogP contribution in [0.25, 0.3) is 5.65 Å². The molecule has 36 heavy (non-hydrogen) atoms. The Hall–Kier alpha value is -4.48. The van der Waals surface area contributed by atoms with E-state index < -0.39 is 0 Å². The van der Waals surface area contributed by atoms with Gasteiger partial charge in [-0.1, -0.05) is 11.8 Å². The van der Waals surface area contributed by atoms with E-state index in [0.717, 1.165) is 32.9 Å². The molecule has 1 amide bonds. The van der Waals surface area contributed by atoms with Crippen LogP contribution in [0.2, 0.25) is 0 Å². The molecule has 0 radical (unpaired) electrons. The van der Waals surface area contributed by atoms with Gasteiger partial charge < -0.3 is 15.5 Å². The largest absolute Gasteiger partial charge is 0.399 e. The molecule has 5 aromatic rings. The Kier molecular flexibility index (Phi) is 6.74. The van der Waals surface area contributed by atoms with Crippen LogP contribution in [0.15, 0.2) is 90.3 Å². The van der Waals surface area contributed by atoms with Gasteiger partial charge in [0.15, 0.2) is 0 Å². The molecule has 0 aliphatic rings. The fourth-order valence-electron chi connectivity index (χ4n) is 3.64. The van der Waals surface area contributed by atoms with Gasteiger partial charge in [0.25, 0.3) is 5.91 Å². The van der Waals surface area contributed by atoms with Crippen LogP contribution in [0.3, 0.4) is 0 Å². The number of nitrogens with two attached hydrogens (primary N) is 1. The molecule has 2 aromatic carbocycles. The second kappa shape index (κ2) is 10.4. The van der Waals surface area contributed by atoms with Gasteiger partial charge in [-0.05, 0) is 66.2 Å². The predicted molar refractivity (Wildman–Crippen MR) is 142 cm³/mol. The molecule has 7 nitrogen and oxygen atoms in total. The van der Waals surface area contributed by atoms with Gasteiger partial charge in [-0.15, -0.1) is 11.8 Å². The number of carbonyl (C=O) groups is 1. The number of nitrogen functional groups attached to an aromatic ring is 1. The number of anilines is 1. The summed E-state index contributed by atoms with van der Waals surface area (Å²) in [5, 5.41) is 7.45. The molecule has 0 saturated heterocycles. The van der Waals surface area contributed by atoms with E-state index in [2.05, 4.69) is 27.2 Å². The number of rotatable bonds is 6. The smallest absolute Gasteiger partial charge is 0.251 e. The number of fused-ring (bicyclic) bond motifs is 1. The van der Waals surface area contributed by atoms with Crippen molar-refractivity contribution in [3.63, 3.8) is 0 Å². The second-order valence-electron chi connectivity index (χ2n) is 8.26. The van der Waals surface area contributed by atoms with E-state index in [1.807, 2.05) is 90.7 Å². The molecule has 0 unspecified atom stereocenters. The Bertz CT molecular complexity index is 1590. The zero-order valence-electron chi connectivity index (χ0n) is 19.7.